The van der Waals surface area contributed by atoms with Crippen molar-refractivity contribution in [1.82, 2.24) is 5.32 Å². The van der Waals surface area contributed by atoms with Crippen LogP contribution in [-0.4, -0.2) is 55.6 Å². The molecule has 0 spiro atoms. The number of hydrogen-bond acceptors (Lipinski definition) is 5. The van der Waals surface area contributed by atoms with Crippen molar-refractivity contribution in [2.75, 3.05) is 26.8 Å². The van der Waals surface area contributed by atoms with Crippen molar-refractivity contribution in [1.29, 1.82) is 0 Å². The van der Waals surface area contributed by atoms with Gasteiger partial charge in [0.25, 0.3) is 5.91 Å². The molecule has 98 valence electrons. The van der Waals surface area contributed by atoms with Crippen molar-refractivity contribution in [3.8, 4) is 0 Å². The zero-order valence-electron chi connectivity index (χ0n) is 10.0. The lowest BCUT2D eigenvalue weighted by atomic mass is 9.76. The molecule has 2 aliphatic rings. The number of carbonyl (C=O) groups excluding carboxylic acids is 1. The maximum atomic E-state index is 11.9. The van der Waals surface area contributed by atoms with E-state index in [1.807, 2.05) is 0 Å². The number of methoxy groups -OCH3 is 1. The fourth-order valence-corrected chi connectivity index (χ4v) is 2.97. The van der Waals surface area contributed by atoms with Crippen LogP contribution in [-0.2, 0) is 14.3 Å². The van der Waals surface area contributed by atoms with Gasteiger partial charge >= 0.3 is 0 Å². The molecular weight excluding hydrogens is 224 g/mol. The first-order valence-corrected chi connectivity index (χ1v) is 5.98. The summed E-state index contributed by atoms with van der Waals surface area (Å²) >= 11 is 0. The molecule has 0 aromatic rings. The number of hydrogen-bond donors (Lipinski definition) is 3. The van der Waals surface area contributed by atoms with Gasteiger partial charge in [0.15, 0.2) is 5.60 Å². The van der Waals surface area contributed by atoms with Crippen molar-refractivity contribution >= 4 is 5.91 Å². The number of nitrogens with one attached hydrogen (secondary N) is 1. The van der Waals surface area contributed by atoms with Crippen LogP contribution < -0.4 is 11.1 Å². The van der Waals surface area contributed by atoms with E-state index in [0.717, 1.165) is 12.8 Å². The predicted octanol–water partition coefficient (Wildman–Crippen LogP) is -1.38. The zero-order chi connectivity index (χ0) is 12.5. The number of β-amino-alcohol motifs (C(OH)–C–C–N with tert-alkyl or cyclic N) is 1. The number of aliphatic hydroxyl groups is 1. The quantitative estimate of drug-likeness (QED) is 0.568. The Morgan fingerprint density at radius 3 is 2.88 bits per heavy atom. The standard InChI is InChI=1S/C11H20N2O4/c1-16-9-3-2-4-17-11(9,10(12)15)7-5-13-6-8(7)14/h7-9,13-14H,2-6H2,1H3,(H2,12,15)/t7-,8+,9?,11?/m0/s1. The largest absolute Gasteiger partial charge is 0.391 e. The number of aliphatic hydroxyl groups excluding tert-OH is 1. The Labute approximate surface area is 100 Å². The summed E-state index contributed by atoms with van der Waals surface area (Å²) in [4.78, 5) is 11.9. The molecule has 0 aromatic heterocycles. The van der Waals surface area contributed by atoms with E-state index < -0.39 is 17.6 Å². The highest BCUT2D eigenvalue weighted by molar-refractivity contribution is 5.85. The Balaban J connectivity index is 2.32. The number of ether oxygens (including phenoxy) is 2. The highest BCUT2D eigenvalue weighted by Gasteiger charge is 2.57. The van der Waals surface area contributed by atoms with Gasteiger partial charge in [0, 0.05) is 32.7 Å². The van der Waals surface area contributed by atoms with Gasteiger partial charge in [-0.2, -0.15) is 0 Å². The van der Waals surface area contributed by atoms with E-state index in [1.165, 1.54) is 0 Å². The minimum atomic E-state index is -1.20. The molecule has 4 atom stereocenters. The van der Waals surface area contributed by atoms with Gasteiger partial charge in [-0.3, -0.25) is 4.79 Å². The predicted molar refractivity (Wildman–Crippen MR) is 60.3 cm³/mol. The summed E-state index contributed by atoms with van der Waals surface area (Å²) in [6, 6.07) is 0. The van der Waals surface area contributed by atoms with E-state index in [9.17, 15) is 9.90 Å². The highest BCUT2D eigenvalue weighted by Crippen LogP contribution is 2.37. The Morgan fingerprint density at radius 2 is 2.35 bits per heavy atom. The van der Waals surface area contributed by atoms with Gasteiger partial charge in [0.05, 0.1) is 12.2 Å². The molecule has 0 bridgehead atoms. The normalized spacial score (nSPS) is 42.6. The van der Waals surface area contributed by atoms with Crippen LogP contribution >= 0.6 is 0 Å². The molecule has 17 heavy (non-hydrogen) atoms. The highest BCUT2D eigenvalue weighted by atomic mass is 16.6. The summed E-state index contributed by atoms with van der Waals surface area (Å²) in [7, 11) is 1.55. The Bertz CT molecular complexity index is 299. The van der Waals surface area contributed by atoms with Crippen LogP contribution in [0.15, 0.2) is 0 Å². The van der Waals surface area contributed by atoms with E-state index in [2.05, 4.69) is 5.32 Å². The monoisotopic (exact) mass is 244 g/mol. The average molecular weight is 244 g/mol. The molecule has 6 heteroatoms. The number of nitrogens with two attached hydrogens (primary N) is 1. The van der Waals surface area contributed by atoms with Crippen LogP contribution in [0.1, 0.15) is 12.8 Å². The molecule has 1 amide bonds. The molecule has 2 heterocycles. The lowest BCUT2D eigenvalue weighted by molar-refractivity contribution is -0.203. The maximum absolute atomic E-state index is 11.9. The summed E-state index contributed by atoms with van der Waals surface area (Å²) in [5, 5.41) is 13.0. The summed E-state index contributed by atoms with van der Waals surface area (Å²) in [6.07, 6.45) is 0.554. The molecule has 2 fully saturated rings. The third-order valence-electron chi connectivity index (χ3n) is 3.83. The fourth-order valence-electron chi connectivity index (χ4n) is 2.97. The molecule has 0 radical (unpaired) electrons. The van der Waals surface area contributed by atoms with Crippen molar-refractivity contribution in [3.63, 3.8) is 0 Å². The van der Waals surface area contributed by atoms with E-state index in [4.69, 9.17) is 15.2 Å². The maximum Gasteiger partial charge on any atom is 0.252 e. The number of rotatable bonds is 3. The van der Waals surface area contributed by atoms with Crippen molar-refractivity contribution < 1.29 is 19.4 Å². The van der Waals surface area contributed by atoms with Crippen LogP contribution in [0, 0.1) is 5.92 Å². The third-order valence-corrected chi connectivity index (χ3v) is 3.83. The van der Waals surface area contributed by atoms with Crippen molar-refractivity contribution in [2.45, 2.75) is 30.7 Å². The van der Waals surface area contributed by atoms with Gasteiger partial charge in [-0.1, -0.05) is 0 Å². The summed E-state index contributed by atoms with van der Waals surface area (Å²) in [5.74, 6) is -0.887. The Kier molecular flexibility index (Phi) is 3.67. The van der Waals surface area contributed by atoms with E-state index in [-0.39, 0.29) is 12.0 Å². The van der Waals surface area contributed by atoms with E-state index in [1.54, 1.807) is 7.11 Å². The van der Waals surface area contributed by atoms with Gasteiger partial charge in [0.1, 0.15) is 0 Å². The smallest absolute Gasteiger partial charge is 0.252 e. The van der Waals surface area contributed by atoms with Gasteiger partial charge in [-0.25, -0.2) is 0 Å². The summed E-state index contributed by atoms with van der Waals surface area (Å²) in [5.41, 5.74) is 4.33. The van der Waals surface area contributed by atoms with Gasteiger partial charge in [-0.15, -0.1) is 0 Å². The first-order chi connectivity index (χ1) is 8.13. The van der Waals surface area contributed by atoms with Gasteiger partial charge < -0.3 is 25.6 Å². The molecule has 6 nitrogen and oxygen atoms in total. The lowest BCUT2D eigenvalue weighted by Gasteiger charge is -2.45. The van der Waals surface area contributed by atoms with Crippen LogP contribution in [0.25, 0.3) is 0 Å². The molecule has 0 aromatic carbocycles. The van der Waals surface area contributed by atoms with Crippen LogP contribution in [0.4, 0.5) is 0 Å². The molecule has 2 saturated heterocycles. The summed E-state index contributed by atoms with van der Waals surface area (Å²) < 4.78 is 11.0. The SMILES string of the molecule is COC1CCCOC1(C(N)=O)[C@H]1CNC[C@H]1O. The summed E-state index contributed by atoms with van der Waals surface area (Å²) in [6.45, 7) is 1.45. The molecule has 0 saturated carbocycles. The third kappa shape index (κ3) is 1.95. The first kappa shape index (κ1) is 12.8. The first-order valence-electron chi connectivity index (χ1n) is 5.98. The van der Waals surface area contributed by atoms with E-state index in [0.29, 0.717) is 19.7 Å². The number of carbonyl (C=O) groups is 1. The lowest BCUT2D eigenvalue weighted by Crippen LogP contribution is -2.64. The second-order valence-corrected chi connectivity index (χ2v) is 4.70. The molecular formula is C11H20N2O4. The topological polar surface area (TPSA) is 93.8 Å². The molecule has 2 rings (SSSR count). The van der Waals surface area contributed by atoms with Gasteiger partial charge in [0.2, 0.25) is 0 Å². The second kappa shape index (κ2) is 4.89. The van der Waals surface area contributed by atoms with Crippen LogP contribution in [0.5, 0.6) is 0 Å². The Morgan fingerprint density at radius 1 is 1.59 bits per heavy atom. The zero-order valence-corrected chi connectivity index (χ0v) is 10.0. The van der Waals surface area contributed by atoms with Crippen molar-refractivity contribution in [3.05, 3.63) is 0 Å². The molecule has 2 aliphatic heterocycles. The van der Waals surface area contributed by atoms with Gasteiger partial charge in [-0.05, 0) is 12.8 Å². The molecule has 0 aliphatic carbocycles. The van der Waals surface area contributed by atoms with E-state index >= 15 is 0 Å². The number of primary amides is 1. The molecule has 2 unspecified atom stereocenters. The number of amides is 1. The van der Waals surface area contributed by atoms with Crippen LogP contribution in [0.3, 0.4) is 0 Å². The second-order valence-electron chi connectivity index (χ2n) is 4.70. The van der Waals surface area contributed by atoms with Crippen molar-refractivity contribution in [2.24, 2.45) is 11.7 Å². The Hall–Kier alpha value is -0.690. The average Bonchev–Trinajstić information content (AvgIpc) is 2.75. The minimum Gasteiger partial charge on any atom is -0.391 e. The minimum absolute atomic E-state index is 0.342. The molecule has 4 N–H and O–H groups in total. The van der Waals surface area contributed by atoms with Crippen LogP contribution in [0.2, 0.25) is 0 Å². The fraction of sp³-hybridized carbons (Fsp3) is 0.909.